The van der Waals surface area contributed by atoms with Gasteiger partial charge in [0.25, 0.3) is 10.0 Å². The highest BCUT2D eigenvalue weighted by Gasteiger charge is 2.23. The second kappa shape index (κ2) is 6.28. The van der Waals surface area contributed by atoms with Crippen LogP contribution in [0.1, 0.15) is 24.0 Å². The average Bonchev–Trinajstić information content (AvgIpc) is 2.95. The van der Waals surface area contributed by atoms with Gasteiger partial charge in [-0.25, -0.2) is 8.42 Å². The molecule has 0 bridgehead atoms. The quantitative estimate of drug-likeness (QED) is 0.926. The van der Waals surface area contributed by atoms with Gasteiger partial charge in [0.05, 0.1) is 10.6 Å². The molecule has 1 fully saturated rings. The second-order valence-corrected chi connectivity index (χ2v) is 7.75. The van der Waals surface area contributed by atoms with E-state index in [0.29, 0.717) is 18.7 Å². The molecule has 24 heavy (non-hydrogen) atoms. The number of anilines is 2. The third-order valence-electron chi connectivity index (χ3n) is 4.16. The number of nitrogens with one attached hydrogen (secondary N) is 1. The van der Waals surface area contributed by atoms with Gasteiger partial charge in [0.2, 0.25) is 5.91 Å². The van der Waals surface area contributed by atoms with Crippen LogP contribution in [0.5, 0.6) is 0 Å². The summed E-state index contributed by atoms with van der Waals surface area (Å²) in [5.41, 5.74) is 3.17. The summed E-state index contributed by atoms with van der Waals surface area (Å²) in [5, 5.41) is 0. The number of nitrogens with zero attached hydrogens (tertiary/aromatic N) is 1. The first-order valence-electron chi connectivity index (χ1n) is 7.87. The van der Waals surface area contributed by atoms with E-state index in [1.165, 1.54) is 0 Å². The van der Waals surface area contributed by atoms with E-state index < -0.39 is 10.0 Å². The van der Waals surface area contributed by atoms with Gasteiger partial charge in [-0.1, -0.05) is 23.8 Å². The van der Waals surface area contributed by atoms with Crippen molar-refractivity contribution in [2.45, 2.75) is 31.6 Å². The summed E-state index contributed by atoms with van der Waals surface area (Å²) < 4.78 is 27.6. The highest BCUT2D eigenvalue weighted by molar-refractivity contribution is 7.92. The predicted octanol–water partition coefficient (Wildman–Crippen LogP) is 3.23. The van der Waals surface area contributed by atoms with Crippen LogP contribution in [0.4, 0.5) is 11.4 Å². The van der Waals surface area contributed by atoms with Crippen LogP contribution in [-0.4, -0.2) is 20.9 Å². The SMILES string of the molecule is Cc1ccc(S(=O)(=O)Nc2ccc(C)c(N3CCCC3=O)c2)cc1. The number of aryl methyl sites for hydroxylation is 2. The second-order valence-electron chi connectivity index (χ2n) is 6.07. The molecule has 3 rings (SSSR count). The molecule has 126 valence electrons. The molecule has 0 aliphatic carbocycles. The summed E-state index contributed by atoms with van der Waals surface area (Å²) in [5.74, 6) is 0.0802. The standard InChI is InChI=1S/C18H20N2O3S/c1-13-5-9-16(10-6-13)24(22,23)19-15-8-7-14(2)17(12-15)20-11-3-4-18(20)21/h5-10,12,19H,3-4,11H2,1-2H3. The smallest absolute Gasteiger partial charge is 0.261 e. The molecule has 0 atom stereocenters. The van der Waals surface area contributed by atoms with Crippen molar-refractivity contribution < 1.29 is 13.2 Å². The van der Waals surface area contributed by atoms with E-state index in [9.17, 15) is 13.2 Å². The van der Waals surface area contributed by atoms with Crippen LogP contribution >= 0.6 is 0 Å². The van der Waals surface area contributed by atoms with Crippen molar-refractivity contribution >= 4 is 27.3 Å². The minimum absolute atomic E-state index is 0.0802. The van der Waals surface area contributed by atoms with Crippen molar-refractivity contribution in [1.82, 2.24) is 0 Å². The summed E-state index contributed by atoms with van der Waals surface area (Å²) in [6.07, 6.45) is 1.37. The van der Waals surface area contributed by atoms with Gasteiger partial charge in [-0.15, -0.1) is 0 Å². The van der Waals surface area contributed by atoms with E-state index in [2.05, 4.69) is 4.72 Å². The number of amides is 1. The molecular weight excluding hydrogens is 324 g/mol. The van der Waals surface area contributed by atoms with E-state index in [1.807, 2.05) is 19.9 Å². The molecule has 1 saturated heterocycles. The van der Waals surface area contributed by atoms with Crippen LogP contribution < -0.4 is 9.62 Å². The molecule has 1 aliphatic heterocycles. The normalized spacial score (nSPS) is 14.9. The van der Waals surface area contributed by atoms with Crippen molar-refractivity contribution in [2.24, 2.45) is 0 Å². The summed E-state index contributed by atoms with van der Waals surface area (Å²) in [6.45, 7) is 4.50. The van der Waals surface area contributed by atoms with Gasteiger partial charge in [-0.2, -0.15) is 0 Å². The Labute approximate surface area is 142 Å². The average molecular weight is 344 g/mol. The lowest BCUT2D eigenvalue weighted by atomic mass is 10.1. The Morgan fingerprint density at radius 1 is 1.04 bits per heavy atom. The third-order valence-corrected chi connectivity index (χ3v) is 5.55. The maximum Gasteiger partial charge on any atom is 0.261 e. The van der Waals surface area contributed by atoms with Crippen LogP contribution in [0, 0.1) is 13.8 Å². The Hall–Kier alpha value is -2.34. The number of hydrogen-bond donors (Lipinski definition) is 1. The Morgan fingerprint density at radius 2 is 1.75 bits per heavy atom. The number of carbonyl (C=O) groups excluding carboxylic acids is 1. The molecule has 0 radical (unpaired) electrons. The van der Waals surface area contributed by atoms with Gasteiger partial charge in [0.15, 0.2) is 0 Å². The zero-order valence-corrected chi connectivity index (χ0v) is 14.6. The Morgan fingerprint density at radius 3 is 2.38 bits per heavy atom. The third kappa shape index (κ3) is 3.28. The van der Waals surface area contributed by atoms with Gasteiger partial charge < -0.3 is 4.90 Å². The van der Waals surface area contributed by atoms with Crippen molar-refractivity contribution in [1.29, 1.82) is 0 Å². The first-order valence-corrected chi connectivity index (χ1v) is 9.36. The number of sulfonamides is 1. The molecule has 2 aromatic carbocycles. The van der Waals surface area contributed by atoms with E-state index in [-0.39, 0.29) is 10.8 Å². The van der Waals surface area contributed by atoms with Crippen LogP contribution in [0.3, 0.4) is 0 Å². The Balaban J connectivity index is 1.90. The van der Waals surface area contributed by atoms with E-state index in [4.69, 9.17) is 0 Å². The minimum Gasteiger partial charge on any atom is -0.312 e. The number of carbonyl (C=O) groups is 1. The van der Waals surface area contributed by atoms with Crippen molar-refractivity contribution in [3.63, 3.8) is 0 Å². The number of rotatable bonds is 4. The van der Waals surface area contributed by atoms with E-state index >= 15 is 0 Å². The molecule has 1 aliphatic rings. The molecule has 0 saturated carbocycles. The Bertz CT molecular complexity index is 874. The van der Waals surface area contributed by atoms with Crippen LogP contribution in [-0.2, 0) is 14.8 Å². The lowest BCUT2D eigenvalue weighted by molar-refractivity contribution is -0.117. The zero-order chi connectivity index (χ0) is 17.3. The predicted molar refractivity (Wildman–Crippen MR) is 94.8 cm³/mol. The Kier molecular flexibility index (Phi) is 4.32. The van der Waals surface area contributed by atoms with Gasteiger partial charge in [-0.05, 0) is 50.1 Å². The van der Waals surface area contributed by atoms with Gasteiger partial charge in [0, 0.05) is 18.7 Å². The van der Waals surface area contributed by atoms with Crippen molar-refractivity contribution in [3.05, 3.63) is 53.6 Å². The summed E-state index contributed by atoms with van der Waals surface area (Å²) >= 11 is 0. The maximum atomic E-state index is 12.5. The first kappa shape index (κ1) is 16.5. The monoisotopic (exact) mass is 344 g/mol. The van der Waals surface area contributed by atoms with E-state index in [1.54, 1.807) is 41.3 Å². The molecular formula is C18H20N2O3S. The fraction of sp³-hybridized carbons (Fsp3) is 0.278. The molecule has 5 nitrogen and oxygen atoms in total. The highest BCUT2D eigenvalue weighted by Crippen LogP contribution is 2.29. The largest absolute Gasteiger partial charge is 0.312 e. The topological polar surface area (TPSA) is 66.5 Å². The lowest BCUT2D eigenvalue weighted by Gasteiger charge is -2.19. The van der Waals surface area contributed by atoms with Crippen molar-refractivity contribution in [3.8, 4) is 0 Å². The molecule has 0 spiro atoms. The first-order chi connectivity index (χ1) is 11.4. The zero-order valence-electron chi connectivity index (χ0n) is 13.7. The fourth-order valence-corrected chi connectivity index (χ4v) is 3.85. The summed E-state index contributed by atoms with van der Waals surface area (Å²) in [6, 6.07) is 12.0. The number of hydrogen-bond acceptors (Lipinski definition) is 3. The van der Waals surface area contributed by atoms with Crippen LogP contribution in [0.25, 0.3) is 0 Å². The van der Waals surface area contributed by atoms with Crippen LogP contribution in [0.15, 0.2) is 47.4 Å². The van der Waals surface area contributed by atoms with Gasteiger partial charge >= 0.3 is 0 Å². The molecule has 6 heteroatoms. The molecule has 1 heterocycles. The van der Waals surface area contributed by atoms with E-state index in [0.717, 1.165) is 23.2 Å². The number of benzene rings is 2. The van der Waals surface area contributed by atoms with Gasteiger partial charge in [-0.3, -0.25) is 9.52 Å². The molecule has 2 aromatic rings. The van der Waals surface area contributed by atoms with Crippen molar-refractivity contribution in [2.75, 3.05) is 16.2 Å². The maximum absolute atomic E-state index is 12.5. The molecule has 1 amide bonds. The minimum atomic E-state index is -3.65. The summed E-state index contributed by atoms with van der Waals surface area (Å²) in [4.78, 5) is 13.9. The molecule has 0 aromatic heterocycles. The lowest BCUT2D eigenvalue weighted by Crippen LogP contribution is -2.24. The molecule has 0 unspecified atom stereocenters. The summed E-state index contributed by atoms with van der Waals surface area (Å²) in [7, 11) is -3.65. The molecule has 1 N–H and O–H groups in total. The fourth-order valence-electron chi connectivity index (χ4n) is 2.80. The van der Waals surface area contributed by atoms with Crippen LogP contribution in [0.2, 0.25) is 0 Å². The highest BCUT2D eigenvalue weighted by atomic mass is 32.2. The van der Waals surface area contributed by atoms with Gasteiger partial charge in [0.1, 0.15) is 0 Å².